The fraction of sp³-hybridized carbons (Fsp3) is 0.435. The molecule has 8 nitrogen and oxygen atoms in total. The molecule has 4 rings (SSSR count). The highest BCUT2D eigenvalue weighted by atomic mass is 32.2. The lowest BCUT2D eigenvalue weighted by Gasteiger charge is -2.31. The summed E-state index contributed by atoms with van der Waals surface area (Å²) in [5.41, 5.74) is 3.52. The van der Waals surface area contributed by atoms with E-state index in [1.807, 2.05) is 24.4 Å². The number of sulfonamides is 1. The molecule has 1 fully saturated rings. The molecule has 0 aliphatic carbocycles. The van der Waals surface area contributed by atoms with Crippen molar-refractivity contribution >= 4 is 27.3 Å². The molecule has 33 heavy (non-hydrogen) atoms. The van der Waals surface area contributed by atoms with Crippen molar-refractivity contribution in [1.29, 1.82) is 0 Å². The highest BCUT2D eigenvalue weighted by Crippen LogP contribution is 2.28. The van der Waals surface area contributed by atoms with Crippen LogP contribution in [0.3, 0.4) is 0 Å². The largest absolute Gasteiger partial charge is 0.360 e. The van der Waals surface area contributed by atoms with Crippen LogP contribution in [0, 0.1) is 26.7 Å². The maximum atomic E-state index is 13.1. The van der Waals surface area contributed by atoms with Crippen LogP contribution >= 0.6 is 11.3 Å². The minimum Gasteiger partial charge on any atom is -0.360 e. The van der Waals surface area contributed by atoms with E-state index in [0.29, 0.717) is 38.0 Å². The zero-order valence-corrected chi connectivity index (χ0v) is 20.6. The Morgan fingerprint density at radius 3 is 2.64 bits per heavy atom. The third kappa shape index (κ3) is 5.18. The second-order valence-electron chi connectivity index (χ2n) is 8.35. The van der Waals surface area contributed by atoms with Crippen molar-refractivity contribution < 1.29 is 17.7 Å². The number of hydrogen-bond acceptors (Lipinski definition) is 7. The van der Waals surface area contributed by atoms with Gasteiger partial charge in [-0.3, -0.25) is 4.79 Å². The number of aromatic nitrogens is 2. The molecule has 1 aliphatic rings. The van der Waals surface area contributed by atoms with Crippen LogP contribution in [-0.4, -0.2) is 48.4 Å². The number of rotatable bonds is 7. The molecule has 1 aliphatic heterocycles. The van der Waals surface area contributed by atoms with Gasteiger partial charge in [0.15, 0.2) is 5.76 Å². The lowest BCUT2D eigenvalue weighted by molar-refractivity contribution is -0.126. The predicted molar refractivity (Wildman–Crippen MR) is 126 cm³/mol. The molecule has 1 aromatic carbocycles. The first-order valence-corrected chi connectivity index (χ1v) is 13.3. The highest BCUT2D eigenvalue weighted by Gasteiger charge is 2.36. The van der Waals surface area contributed by atoms with Crippen LogP contribution in [0.25, 0.3) is 11.3 Å². The maximum absolute atomic E-state index is 13.1. The maximum Gasteiger partial charge on any atom is 0.248 e. The molecule has 0 saturated carbocycles. The van der Waals surface area contributed by atoms with Gasteiger partial charge in [-0.15, -0.1) is 11.3 Å². The molecule has 3 aromatic rings. The number of piperidine rings is 1. The van der Waals surface area contributed by atoms with Gasteiger partial charge >= 0.3 is 0 Å². The molecule has 1 amide bonds. The fourth-order valence-electron chi connectivity index (χ4n) is 4.16. The third-order valence-electron chi connectivity index (χ3n) is 5.90. The molecule has 0 spiro atoms. The molecule has 1 saturated heterocycles. The average molecular weight is 489 g/mol. The van der Waals surface area contributed by atoms with Crippen LogP contribution in [-0.2, 0) is 21.2 Å². The molecule has 2 aromatic heterocycles. The first-order chi connectivity index (χ1) is 15.8. The van der Waals surface area contributed by atoms with Crippen LogP contribution in [0.4, 0.5) is 0 Å². The van der Waals surface area contributed by atoms with Gasteiger partial charge in [0.05, 0.1) is 16.6 Å². The Morgan fingerprint density at radius 2 is 2.00 bits per heavy atom. The van der Waals surface area contributed by atoms with Crippen molar-refractivity contribution in [3.8, 4) is 11.3 Å². The molecule has 1 N–H and O–H groups in total. The van der Waals surface area contributed by atoms with E-state index >= 15 is 0 Å². The van der Waals surface area contributed by atoms with Gasteiger partial charge < -0.3 is 9.84 Å². The Bertz CT molecular complexity index is 1210. The van der Waals surface area contributed by atoms with Crippen molar-refractivity contribution in [2.45, 2.75) is 44.9 Å². The summed E-state index contributed by atoms with van der Waals surface area (Å²) in [7, 11) is -3.74. The number of hydrogen-bond donors (Lipinski definition) is 1. The molecule has 0 radical (unpaired) electrons. The Kier molecular flexibility index (Phi) is 6.96. The Balaban J connectivity index is 1.31. The molecule has 176 valence electrons. The number of benzene rings is 1. The van der Waals surface area contributed by atoms with Crippen LogP contribution < -0.4 is 5.32 Å². The van der Waals surface area contributed by atoms with Gasteiger partial charge in [-0.25, -0.2) is 13.4 Å². The van der Waals surface area contributed by atoms with E-state index in [4.69, 9.17) is 4.52 Å². The smallest absolute Gasteiger partial charge is 0.248 e. The Labute approximate surface area is 198 Å². The van der Waals surface area contributed by atoms with E-state index in [1.54, 1.807) is 25.2 Å². The first kappa shape index (κ1) is 23.6. The van der Waals surface area contributed by atoms with E-state index in [-0.39, 0.29) is 29.0 Å². The minimum atomic E-state index is -3.74. The number of thiazole rings is 1. The summed E-state index contributed by atoms with van der Waals surface area (Å²) >= 11 is 1.63. The summed E-state index contributed by atoms with van der Waals surface area (Å²) in [4.78, 5) is 17.4. The molecular formula is C23H28N4O4S2. The molecule has 10 heteroatoms. The zero-order valence-electron chi connectivity index (χ0n) is 19.0. The van der Waals surface area contributed by atoms with E-state index in [1.165, 1.54) is 4.31 Å². The van der Waals surface area contributed by atoms with Crippen molar-refractivity contribution in [2.75, 3.05) is 19.6 Å². The molecule has 1 atom stereocenters. The molecular weight excluding hydrogens is 460 g/mol. The molecule has 1 unspecified atom stereocenters. The highest BCUT2D eigenvalue weighted by molar-refractivity contribution is 7.89. The Morgan fingerprint density at radius 1 is 1.24 bits per heavy atom. The quantitative estimate of drug-likeness (QED) is 0.546. The minimum absolute atomic E-state index is 0.108. The number of carbonyl (C=O) groups excluding carboxylic acids is 1. The van der Waals surface area contributed by atoms with Gasteiger partial charge in [0, 0.05) is 30.6 Å². The fourth-order valence-corrected chi connectivity index (χ4v) is 6.60. The normalized spacial score (nSPS) is 17.2. The summed E-state index contributed by atoms with van der Waals surface area (Å²) in [6.07, 6.45) is 2.01. The number of nitrogens with zero attached hydrogens (tertiary/aromatic N) is 3. The topological polar surface area (TPSA) is 105 Å². The molecule has 3 heterocycles. The van der Waals surface area contributed by atoms with Crippen molar-refractivity contribution in [1.82, 2.24) is 19.8 Å². The van der Waals surface area contributed by atoms with Gasteiger partial charge in [-0.05, 0) is 45.6 Å². The van der Waals surface area contributed by atoms with Crippen LogP contribution in [0.15, 0.2) is 39.1 Å². The Hall–Kier alpha value is -2.56. The summed E-state index contributed by atoms with van der Waals surface area (Å²) < 4.78 is 32.6. The van der Waals surface area contributed by atoms with Gasteiger partial charge in [0.25, 0.3) is 0 Å². The number of nitrogens with one attached hydrogen (secondary N) is 1. The SMILES string of the molecule is Cc1nc(-c2ccc(CCNC(=O)C3CCCN(S(=O)(=O)c4c(C)noc4C)C3)cc2)cs1. The van der Waals surface area contributed by atoms with E-state index in [0.717, 1.165) is 21.8 Å². The zero-order chi connectivity index (χ0) is 23.6. The second kappa shape index (κ2) is 9.74. The van der Waals surface area contributed by atoms with E-state index < -0.39 is 10.0 Å². The van der Waals surface area contributed by atoms with Gasteiger partial charge in [0.2, 0.25) is 15.9 Å². The summed E-state index contributed by atoms with van der Waals surface area (Å²) in [6, 6.07) is 8.19. The first-order valence-electron chi connectivity index (χ1n) is 11.0. The third-order valence-corrected chi connectivity index (χ3v) is 8.79. The second-order valence-corrected chi connectivity index (χ2v) is 11.3. The van der Waals surface area contributed by atoms with Gasteiger partial charge in [-0.2, -0.15) is 4.31 Å². The summed E-state index contributed by atoms with van der Waals surface area (Å²) in [5.74, 6) is -0.206. The number of amides is 1. The van der Waals surface area contributed by atoms with Crippen LogP contribution in [0.5, 0.6) is 0 Å². The van der Waals surface area contributed by atoms with Crippen molar-refractivity contribution in [2.24, 2.45) is 5.92 Å². The van der Waals surface area contributed by atoms with Crippen molar-refractivity contribution in [3.05, 3.63) is 51.7 Å². The summed E-state index contributed by atoms with van der Waals surface area (Å²) in [5, 5.41) is 9.82. The lowest BCUT2D eigenvalue weighted by Crippen LogP contribution is -2.45. The van der Waals surface area contributed by atoms with Gasteiger partial charge in [0.1, 0.15) is 10.6 Å². The van der Waals surface area contributed by atoms with Gasteiger partial charge in [-0.1, -0.05) is 29.4 Å². The standard InChI is InChI=1S/C23H28N4O4S2/c1-15-22(16(2)31-26-15)33(29,30)27-12-4-5-20(13-27)23(28)24-11-10-18-6-8-19(9-7-18)21-14-32-17(3)25-21/h6-9,14,20H,4-5,10-13H2,1-3H3,(H,24,28). The lowest BCUT2D eigenvalue weighted by atomic mass is 9.98. The number of aryl methyl sites for hydroxylation is 3. The average Bonchev–Trinajstić information content (AvgIpc) is 3.39. The van der Waals surface area contributed by atoms with E-state index in [2.05, 4.69) is 27.6 Å². The monoisotopic (exact) mass is 488 g/mol. The van der Waals surface area contributed by atoms with Crippen LogP contribution in [0.2, 0.25) is 0 Å². The predicted octanol–water partition coefficient (Wildman–Crippen LogP) is 3.48. The summed E-state index contributed by atoms with van der Waals surface area (Å²) in [6.45, 7) is 6.25. The van der Waals surface area contributed by atoms with Crippen molar-refractivity contribution in [3.63, 3.8) is 0 Å². The molecule has 0 bridgehead atoms. The number of carbonyl (C=O) groups is 1. The van der Waals surface area contributed by atoms with E-state index in [9.17, 15) is 13.2 Å². The van der Waals surface area contributed by atoms with Crippen LogP contribution in [0.1, 0.15) is 34.9 Å².